The monoisotopic (exact) mass is 341 g/mol. The first-order valence-electron chi connectivity index (χ1n) is 8.84. The minimum absolute atomic E-state index is 0.627. The molecule has 2 aromatic rings. The highest BCUT2D eigenvalue weighted by Crippen LogP contribution is 2.21. The molecule has 1 aromatic carbocycles. The van der Waals surface area contributed by atoms with Crippen LogP contribution in [-0.4, -0.2) is 54.3 Å². The molecule has 1 aromatic heterocycles. The third-order valence-electron chi connectivity index (χ3n) is 4.33. The van der Waals surface area contributed by atoms with Crippen LogP contribution < -0.4 is 10.6 Å². The van der Waals surface area contributed by atoms with Gasteiger partial charge in [-0.1, -0.05) is 12.1 Å². The number of benzene rings is 1. The largest absolute Gasteiger partial charge is 0.379 e. The minimum Gasteiger partial charge on any atom is -0.379 e. The van der Waals surface area contributed by atoms with Crippen LogP contribution in [0.3, 0.4) is 0 Å². The molecule has 3 rings (SSSR count). The van der Waals surface area contributed by atoms with Crippen molar-refractivity contribution in [1.29, 1.82) is 0 Å². The van der Waals surface area contributed by atoms with E-state index < -0.39 is 0 Å². The van der Waals surface area contributed by atoms with Gasteiger partial charge in [0, 0.05) is 43.6 Å². The molecule has 1 aliphatic heterocycles. The maximum atomic E-state index is 5.38. The van der Waals surface area contributed by atoms with Gasteiger partial charge in [0.15, 0.2) is 0 Å². The minimum atomic E-state index is 0.627. The van der Waals surface area contributed by atoms with E-state index in [-0.39, 0.29) is 0 Å². The topological polar surface area (TPSA) is 62.3 Å². The highest BCUT2D eigenvalue weighted by Gasteiger charge is 2.10. The Hall–Kier alpha value is -2.18. The van der Waals surface area contributed by atoms with Crippen molar-refractivity contribution in [2.75, 3.05) is 50.0 Å². The lowest BCUT2D eigenvalue weighted by Gasteiger charge is -2.26. The molecular formula is C19H27N5O. The second kappa shape index (κ2) is 8.27. The Labute approximate surface area is 149 Å². The second-order valence-electron chi connectivity index (χ2n) is 6.54. The van der Waals surface area contributed by atoms with Gasteiger partial charge in [-0.05, 0) is 38.0 Å². The van der Waals surface area contributed by atoms with Crippen molar-refractivity contribution >= 4 is 17.5 Å². The van der Waals surface area contributed by atoms with Crippen molar-refractivity contribution in [3.63, 3.8) is 0 Å². The summed E-state index contributed by atoms with van der Waals surface area (Å²) >= 11 is 0. The van der Waals surface area contributed by atoms with Gasteiger partial charge in [0.2, 0.25) is 5.95 Å². The van der Waals surface area contributed by atoms with E-state index >= 15 is 0 Å². The maximum absolute atomic E-state index is 5.38. The fourth-order valence-electron chi connectivity index (χ4n) is 2.87. The molecule has 0 bridgehead atoms. The number of hydrogen-bond acceptors (Lipinski definition) is 6. The Morgan fingerprint density at radius 3 is 2.68 bits per heavy atom. The average Bonchev–Trinajstić information content (AvgIpc) is 2.59. The summed E-state index contributed by atoms with van der Waals surface area (Å²) < 4.78 is 5.38. The maximum Gasteiger partial charge on any atom is 0.229 e. The van der Waals surface area contributed by atoms with Crippen LogP contribution >= 0.6 is 0 Å². The molecule has 0 radical (unpaired) electrons. The van der Waals surface area contributed by atoms with E-state index in [0.717, 1.165) is 56.6 Å². The number of nitrogens with one attached hydrogen (secondary N) is 2. The van der Waals surface area contributed by atoms with Crippen molar-refractivity contribution in [3.05, 3.63) is 41.1 Å². The van der Waals surface area contributed by atoms with Crippen molar-refractivity contribution in [2.24, 2.45) is 0 Å². The number of hydrogen-bond donors (Lipinski definition) is 2. The summed E-state index contributed by atoms with van der Waals surface area (Å²) in [6, 6.07) is 8.31. The van der Waals surface area contributed by atoms with E-state index in [0.29, 0.717) is 5.95 Å². The summed E-state index contributed by atoms with van der Waals surface area (Å²) in [4.78, 5) is 11.5. The lowest BCUT2D eigenvalue weighted by molar-refractivity contribution is 0.0398. The molecule has 0 unspecified atom stereocenters. The highest BCUT2D eigenvalue weighted by atomic mass is 16.5. The zero-order chi connectivity index (χ0) is 17.6. The fourth-order valence-corrected chi connectivity index (χ4v) is 2.87. The Kier molecular flexibility index (Phi) is 5.83. The average molecular weight is 341 g/mol. The van der Waals surface area contributed by atoms with Gasteiger partial charge < -0.3 is 15.4 Å². The van der Waals surface area contributed by atoms with E-state index in [1.165, 1.54) is 11.1 Å². The van der Waals surface area contributed by atoms with E-state index in [1.54, 1.807) is 0 Å². The first kappa shape index (κ1) is 17.6. The molecule has 6 nitrogen and oxygen atoms in total. The molecule has 134 valence electrons. The van der Waals surface area contributed by atoms with E-state index in [2.05, 4.69) is 57.5 Å². The van der Waals surface area contributed by atoms with Gasteiger partial charge in [0.25, 0.3) is 0 Å². The zero-order valence-corrected chi connectivity index (χ0v) is 15.3. The SMILES string of the molecule is Cc1ccc(C)c(Nc2nc(C)cc(NCCN3CCOCC3)n2)c1. The van der Waals surface area contributed by atoms with E-state index in [9.17, 15) is 0 Å². The van der Waals surface area contributed by atoms with Crippen LogP contribution in [0.1, 0.15) is 16.8 Å². The lowest BCUT2D eigenvalue weighted by atomic mass is 10.1. The van der Waals surface area contributed by atoms with Crippen LogP contribution in [-0.2, 0) is 4.74 Å². The quantitative estimate of drug-likeness (QED) is 0.842. The predicted molar refractivity (Wildman–Crippen MR) is 102 cm³/mol. The molecule has 0 saturated carbocycles. The summed E-state index contributed by atoms with van der Waals surface area (Å²) in [5, 5.41) is 6.76. The van der Waals surface area contributed by atoms with Gasteiger partial charge in [-0.2, -0.15) is 4.98 Å². The summed E-state index contributed by atoms with van der Waals surface area (Å²) in [5.74, 6) is 1.48. The molecule has 0 spiro atoms. The van der Waals surface area contributed by atoms with Gasteiger partial charge in [0.05, 0.1) is 13.2 Å². The van der Waals surface area contributed by atoms with Crippen LogP contribution in [0.2, 0.25) is 0 Å². The summed E-state index contributed by atoms with van der Waals surface area (Å²) in [7, 11) is 0. The first-order chi connectivity index (χ1) is 12.1. The van der Waals surface area contributed by atoms with Crippen LogP contribution in [0.15, 0.2) is 24.3 Å². The van der Waals surface area contributed by atoms with Crippen LogP contribution in [0.25, 0.3) is 0 Å². The normalized spacial score (nSPS) is 15.2. The molecule has 0 aliphatic carbocycles. The molecule has 1 aliphatic rings. The van der Waals surface area contributed by atoms with Crippen LogP contribution in [0.5, 0.6) is 0 Å². The molecule has 0 atom stereocenters. The number of anilines is 3. The number of ether oxygens (including phenoxy) is 1. The first-order valence-corrected chi connectivity index (χ1v) is 8.84. The van der Waals surface area contributed by atoms with Gasteiger partial charge in [-0.15, -0.1) is 0 Å². The number of aromatic nitrogens is 2. The molecule has 1 saturated heterocycles. The molecule has 1 fully saturated rings. The fraction of sp³-hybridized carbons (Fsp3) is 0.474. The molecule has 6 heteroatoms. The van der Waals surface area contributed by atoms with Crippen molar-refractivity contribution < 1.29 is 4.74 Å². The number of morpholine rings is 1. The molecule has 2 N–H and O–H groups in total. The Morgan fingerprint density at radius 1 is 1.08 bits per heavy atom. The lowest BCUT2D eigenvalue weighted by Crippen LogP contribution is -2.39. The van der Waals surface area contributed by atoms with E-state index in [1.807, 2.05) is 13.0 Å². The summed E-state index contributed by atoms with van der Waals surface area (Å²) in [6.07, 6.45) is 0. The smallest absolute Gasteiger partial charge is 0.229 e. The van der Waals surface area contributed by atoms with Gasteiger partial charge in [-0.25, -0.2) is 4.98 Å². The second-order valence-corrected chi connectivity index (χ2v) is 6.54. The van der Waals surface area contributed by atoms with Crippen molar-refractivity contribution in [2.45, 2.75) is 20.8 Å². The van der Waals surface area contributed by atoms with Crippen molar-refractivity contribution in [3.8, 4) is 0 Å². The predicted octanol–water partition coefficient (Wildman–Crippen LogP) is 2.89. The van der Waals surface area contributed by atoms with Crippen molar-refractivity contribution in [1.82, 2.24) is 14.9 Å². The number of nitrogens with zero attached hydrogens (tertiary/aromatic N) is 3. The molecular weight excluding hydrogens is 314 g/mol. The molecule has 0 amide bonds. The highest BCUT2D eigenvalue weighted by molar-refractivity contribution is 5.60. The zero-order valence-electron chi connectivity index (χ0n) is 15.3. The van der Waals surface area contributed by atoms with E-state index in [4.69, 9.17) is 4.74 Å². The third-order valence-corrected chi connectivity index (χ3v) is 4.33. The molecule has 2 heterocycles. The molecule has 25 heavy (non-hydrogen) atoms. The number of aryl methyl sites for hydroxylation is 3. The number of rotatable bonds is 6. The van der Waals surface area contributed by atoms with Gasteiger partial charge >= 0.3 is 0 Å². The summed E-state index contributed by atoms with van der Waals surface area (Å²) in [6.45, 7) is 11.7. The third kappa shape index (κ3) is 5.14. The Balaban J connectivity index is 1.62. The standard InChI is InChI=1S/C19H27N5O/c1-14-4-5-15(2)17(12-14)22-19-21-16(3)13-18(23-19)20-6-7-24-8-10-25-11-9-24/h4-5,12-13H,6-11H2,1-3H3,(H2,20,21,22,23). The van der Waals surface area contributed by atoms with Crippen LogP contribution in [0, 0.1) is 20.8 Å². The van der Waals surface area contributed by atoms with Gasteiger partial charge in [-0.3, -0.25) is 4.90 Å². The Bertz CT molecular complexity index is 713. The van der Waals surface area contributed by atoms with Gasteiger partial charge in [0.1, 0.15) is 5.82 Å². The summed E-state index contributed by atoms with van der Waals surface area (Å²) in [5.41, 5.74) is 4.38. The Morgan fingerprint density at radius 2 is 1.88 bits per heavy atom. The van der Waals surface area contributed by atoms with Crippen LogP contribution in [0.4, 0.5) is 17.5 Å².